The van der Waals surface area contributed by atoms with Gasteiger partial charge in [0.05, 0.1) is 0 Å². The molecule has 0 aliphatic carbocycles. The minimum Gasteiger partial charge on any atom is -0.395 e. The molecule has 2 amide bonds. The normalized spacial score (nSPS) is 13.2. The van der Waals surface area contributed by atoms with Gasteiger partial charge in [0.1, 0.15) is 0 Å². The maximum Gasteiger partial charge on any atom is 0.389 e. The Morgan fingerprint density at radius 3 is 2.33 bits per heavy atom. The van der Waals surface area contributed by atoms with Gasteiger partial charge < -0.3 is 5.32 Å². The zero-order valence-corrected chi connectivity index (χ0v) is 8.50. The van der Waals surface area contributed by atoms with Crippen LogP contribution in [0.4, 0.5) is 4.79 Å². The highest BCUT2D eigenvalue weighted by molar-refractivity contribution is 5.63. The minimum atomic E-state index is 0.00231. The molecule has 3 heteroatoms. The summed E-state index contributed by atoms with van der Waals surface area (Å²) in [6.45, 7) is 7.29. The van der Waals surface area contributed by atoms with Gasteiger partial charge in [0.15, 0.2) is 0 Å². The largest absolute Gasteiger partial charge is 0.395 e. The highest BCUT2D eigenvalue weighted by atomic mass is 16.2. The first-order valence-corrected chi connectivity index (χ1v) is 4.36. The van der Waals surface area contributed by atoms with E-state index >= 15 is 0 Å². The van der Waals surface area contributed by atoms with E-state index in [0.717, 1.165) is 6.54 Å². The molecule has 0 radical (unpaired) electrons. The molecule has 0 aliphatic heterocycles. The van der Waals surface area contributed by atoms with E-state index in [4.69, 9.17) is 0 Å². The molecule has 1 unspecified atom stereocenters. The molecule has 3 nitrogen and oxygen atoms in total. The number of rotatable bonds is 3. The van der Waals surface area contributed by atoms with Crippen LogP contribution in [0.25, 0.3) is 0 Å². The quantitative estimate of drug-likeness (QED) is 0.625. The van der Waals surface area contributed by atoms with Crippen molar-refractivity contribution in [1.82, 2.24) is 4.90 Å². The van der Waals surface area contributed by atoms with Gasteiger partial charge in [-0.1, -0.05) is 20.8 Å². The molecule has 12 heavy (non-hydrogen) atoms. The zero-order chi connectivity index (χ0) is 9.72. The number of quaternary nitrogens is 1. The van der Waals surface area contributed by atoms with E-state index in [1.54, 1.807) is 4.90 Å². The highest BCUT2D eigenvalue weighted by Crippen LogP contribution is 2.09. The maximum atomic E-state index is 11.1. The fourth-order valence-corrected chi connectivity index (χ4v) is 0.889. The van der Waals surface area contributed by atoms with Gasteiger partial charge in [-0.3, -0.25) is 4.90 Å². The molecule has 0 aliphatic rings. The van der Waals surface area contributed by atoms with Crippen molar-refractivity contribution in [1.29, 1.82) is 0 Å². The molecule has 0 aromatic carbocycles. The molecular weight excluding hydrogens is 152 g/mol. The minimum absolute atomic E-state index is 0.00231. The average Bonchev–Trinajstić information content (AvgIpc) is 2.02. The average molecular weight is 172 g/mol. The van der Waals surface area contributed by atoms with Crippen molar-refractivity contribution in [3.63, 3.8) is 0 Å². The van der Waals surface area contributed by atoms with Gasteiger partial charge in [-0.15, -0.1) is 7.05 Å². The predicted molar refractivity (Wildman–Crippen MR) is 49.3 cm³/mol. The number of carbonyl (C=O) groups is 1. The van der Waals surface area contributed by atoms with E-state index in [0.29, 0.717) is 11.8 Å². The molecule has 2 N–H and O–H groups in total. The summed E-state index contributed by atoms with van der Waals surface area (Å²) in [5.74, 6) is 1.16. The predicted octanol–water partition coefficient (Wildman–Crippen LogP) is 0.685. The molecule has 0 rings (SSSR count). The van der Waals surface area contributed by atoms with Crippen molar-refractivity contribution in [2.45, 2.75) is 20.8 Å². The standard InChI is InChI=1S/C9H20N2O/c1-7(2)8(3)6-11(5)9(12)10-4/h7-8H,4,6,10H2,1-3,5H3. The molecule has 72 valence electrons. The molecule has 0 saturated carbocycles. The first kappa shape index (κ1) is 11.4. The van der Waals surface area contributed by atoms with Crippen LogP contribution >= 0.6 is 0 Å². The third-order valence-electron chi connectivity index (χ3n) is 2.25. The Balaban J connectivity index is 3.83. The lowest BCUT2D eigenvalue weighted by atomic mass is 9.98. The van der Waals surface area contributed by atoms with Crippen molar-refractivity contribution in [2.75, 3.05) is 13.6 Å². The second-order valence-corrected chi connectivity index (χ2v) is 3.64. The second-order valence-electron chi connectivity index (χ2n) is 3.64. The van der Waals surface area contributed by atoms with Crippen molar-refractivity contribution >= 4 is 6.03 Å². The van der Waals surface area contributed by atoms with Crippen LogP contribution in [0.5, 0.6) is 0 Å². The topological polar surface area (TPSA) is 36.9 Å². The SMILES string of the molecule is [CH2-][NH2+]C(=O)N(C)CC(C)C(C)C. The van der Waals surface area contributed by atoms with E-state index in [1.807, 2.05) is 7.05 Å². The van der Waals surface area contributed by atoms with Crippen LogP contribution in [0, 0.1) is 18.9 Å². The molecule has 0 aromatic rings. The third kappa shape index (κ3) is 3.72. The summed E-state index contributed by atoms with van der Waals surface area (Å²) in [6.07, 6.45) is 0. The van der Waals surface area contributed by atoms with Crippen LogP contribution in [0.1, 0.15) is 20.8 Å². The Morgan fingerprint density at radius 1 is 1.50 bits per heavy atom. The smallest absolute Gasteiger partial charge is 0.389 e. The number of urea groups is 1. The van der Waals surface area contributed by atoms with Crippen LogP contribution in [-0.4, -0.2) is 24.5 Å². The lowest BCUT2D eigenvalue weighted by Crippen LogP contribution is -2.84. The Kier molecular flexibility index (Phi) is 4.90. The maximum absolute atomic E-state index is 11.1. The number of nitrogens with two attached hydrogens (primary N) is 1. The number of primary amides is 1. The van der Waals surface area contributed by atoms with Crippen LogP contribution in [0.15, 0.2) is 0 Å². The summed E-state index contributed by atoms with van der Waals surface area (Å²) in [5, 5.41) is 1.35. The highest BCUT2D eigenvalue weighted by Gasteiger charge is 2.14. The van der Waals surface area contributed by atoms with Crippen LogP contribution in [-0.2, 0) is 0 Å². The van der Waals surface area contributed by atoms with Crippen molar-refractivity contribution in [2.24, 2.45) is 11.8 Å². The zero-order valence-electron chi connectivity index (χ0n) is 8.50. The summed E-state index contributed by atoms with van der Waals surface area (Å²) < 4.78 is 0. The van der Waals surface area contributed by atoms with Crippen LogP contribution in [0.3, 0.4) is 0 Å². The molecule has 1 atom stereocenters. The molecule has 0 spiro atoms. The van der Waals surface area contributed by atoms with Gasteiger partial charge in [-0.25, -0.2) is 4.79 Å². The molecular formula is C9H20N2O. The van der Waals surface area contributed by atoms with Crippen molar-refractivity contribution < 1.29 is 10.1 Å². The van der Waals surface area contributed by atoms with Gasteiger partial charge in [-0.2, -0.15) is 0 Å². The first-order valence-electron chi connectivity index (χ1n) is 4.36. The van der Waals surface area contributed by atoms with Gasteiger partial charge in [0.25, 0.3) is 0 Å². The van der Waals surface area contributed by atoms with Crippen molar-refractivity contribution in [3.05, 3.63) is 7.05 Å². The molecule has 0 saturated heterocycles. The molecule has 0 aromatic heterocycles. The van der Waals surface area contributed by atoms with E-state index in [-0.39, 0.29) is 6.03 Å². The van der Waals surface area contributed by atoms with Crippen LogP contribution in [0.2, 0.25) is 0 Å². The van der Waals surface area contributed by atoms with Gasteiger partial charge in [-0.05, 0) is 11.8 Å². The number of nitrogens with zero attached hydrogens (tertiary/aromatic N) is 1. The second kappa shape index (κ2) is 5.14. The monoisotopic (exact) mass is 172 g/mol. The van der Waals surface area contributed by atoms with E-state index < -0.39 is 0 Å². The summed E-state index contributed by atoms with van der Waals surface area (Å²) in [7, 11) is 5.25. The van der Waals surface area contributed by atoms with Gasteiger partial charge in [0.2, 0.25) is 0 Å². The fourth-order valence-electron chi connectivity index (χ4n) is 0.889. The lowest BCUT2D eigenvalue weighted by molar-refractivity contribution is -0.497. The molecule has 0 heterocycles. The molecule has 0 fully saturated rings. The summed E-state index contributed by atoms with van der Waals surface area (Å²) >= 11 is 0. The lowest BCUT2D eigenvalue weighted by Gasteiger charge is -2.22. The Labute approximate surface area is 75.1 Å². The third-order valence-corrected chi connectivity index (χ3v) is 2.25. The first-order chi connectivity index (χ1) is 5.49. The summed E-state index contributed by atoms with van der Waals surface area (Å²) in [4.78, 5) is 12.8. The Morgan fingerprint density at radius 2 is 2.00 bits per heavy atom. The number of carbonyl (C=O) groups excluding carboxylic acids is 1. The van der Waals surface area contributed by atoms with Crippen molar-refractivity contribution in [3.8, 4) is 0 Å². The fraction of sp³-hybridized carbons (Fsp3) is 0.778. The van der Waals surface area contributed by atoms with E-state index in [9.17, 15) is 4.79 Å². The van der Waals surface area contributed by atoms with E-state index in [1.165, 1.54) is 5.32 Å². The number of hydrogen-bond acceptors (Lipinski definition) is 1. The van der Waals surface area contributed by atoms with Gasteiger partial charge >= 0.3 is 6.03 Å². The number of hydrogen-bond donors (Lipinski definition) is 1. The van der Waals surface area contributed by atoms with Crippen LogP contribution < -0.4 is 5.32 Å². The van der Waals surface area contributed by atoms with Gasteiger partial charge in [0, 0.05) is 13.6 Å². The molecule has 0 bridgehead atoms. The Hall–Kier alpha value is -0.570. The van der Waals surface area contributed by atoms with E-state index in [2.05, 4.69) is 27.8 Å². The number of amides is 2. The summed E-state index contributed by atoms with van der Waals surface area (Å²) in [6, 6.07) is 0.00231. The Bertz CT molecular complexity index is 145. The summed E-state index contributed by atoms with van der Waals surface area (Å²) in [5.41, 5.74) is 0.